The highest BCUT2D eigenvalue weighted by Crippen LogP contribution is 2.39. The van der Waals surface area contributed by atoms with E-state index in [1.54, 1.807) is 12.1 Å². The highest BCUT2D eigenvalue weighted by Gasteiger charge is 2.35. The lowest BCUT2D eigenvalue weighted by molar-refractivity contribution is 0.0790. The summed E-state index contributed by atoms with van der Waals surface area (Å²) in [6.07, 6.45) is 0.279. The average molecular weight is 549 g/mol. The van der Waals surface area contributed by atoms with Crippen molar-refractivity contribution >= 4 is 46.2 Å². The van der Waals surface area contributed by atoms with Gasteiger partial charge in [0.2, 0.25) is 11.9 Å². The molecule has 1 saturated heterocycles. The van der Waals surface area contributed by atoms with Gasteiger partial charge in [-0.05, 0) is 46.1 Å². The lowest BCUT2D eigenvalue weighted by Crippen LogP contribution is -2.36. The first-order valence-corrected chi connectivity index (χ1v) is 12.2. The number of likely N-dealkylation sites (N-methyl/N-ethyl adjacent to an activating group) is 1. The molecule has 1 fully saturated rings. The summed E-state index contributed by atoms with van der Waals surface area (Å²) in [6.45, 7) is 3.78. The van der Waals surface area contributed by atoms with Gasteiger partial charge in [0.25, 0.3) is 0 Å². The van der Waals surface area contributed by atoms with Crippen LogP contribution in [0.25, 0.3) is 0 Å². The quantitative estimate of drug-likeness (QED) is 0.306. The number of methoxy groups -OCH3 is 1. The van der Waals surface area contributed by atoms with Crippen molar-refractivity contribution in [1.82, 2.24) is 19.9 Å². The molecule has 0 bridgehead atoms. The largest absolute Gasteiger partial charge is 0.494 e. The van der Waals surface area contributed by atoms with E-state index in [0.29, 0.717) is 35.0 Å². The van der Waals surface area contributed by atoms with Gasteiger partial charge in [0.1, 0.15) is 24.1 Å². The van der Waals surface area contributed by atoms with Gasteiger partial charge in [0.05, 0.1) is 47.4 Å². The van der Waals surface area contributed by atoms with E-state index in [2.05, 4.69) is 25.6 Å². The normalized spacial score (nSPS) is 17.7. The van der Waals surface area contributed by atoms with Gasteiger partial charge in [-0.25, -0.2) is 18.7 Å². The molecule has 10 nitrogen and oxygen atoms in total. The Labute approximate surface area is 224 Å². The number of hydrogen-bond donors (Lipinski definition) is 4. The fourth-order valence-electron chi connectivity index (χ4n) is 4.37. The zero-order chi connectivity index (χ0) is 27.8. The highest BCUT2D eigenvalue weighted by atomic mass is 35.5. The summed E-state index contributed by atoms with van der Waals surface area (Å²) in [7, 11) is 5.22. The Kier molecular flexibility index (Phi) is 7.77. The lowest BCUT2D eigenvalue weighted by Gasteiger charge is -2.24. The maximum absolute atomic E-state index is 14.5. The number of aliphatic hydroxyl groups is 1. The average Bonchev–Trinajstić information content (AvgIpc) is 3.22. The van der Waals surface area contributed by atoms with Gasteiger partial charge < -0.3 is 36.0 Å². The maximum Gasteiger partial charge on any atom is 0.232 e. The fourth-order valence-corrected chi connectivity index (χ4v) is 4.53. The first-order chi connectivity index (χ1) is 17.9. The second-order valence-electron chi connectivity index (χ2n) is 9.82. The van der Waals surface area contributed by atoms with E-state index in [1.165, 1.54) is 33.4 Å². The molecule has 4 rings (SSSR count). The van der Waals surface area contributed by atoms with Crippen LogP contribution in [0.5, 0.6) is 5.75 Å². The van der Waals surface area contributed by atoms with Crippen LogP contribution in [0.3, 0.4) is 0 Å². The van der Waals surface area contributed by atoms with E-state index in [9.17, 15) is 13.9 Å². The molecule has 38 heavy (non-hydrogen) atoms. The van der Waals surface area contributed by atoms with Gasteiger partial charge >= 0.3 is 0 Å². The second kappa shape index (κ2) is 10.7. The summed E-state index contributed by atoms with van der Waals surface area (Å²) in [5, 5.41) is 16.4. The predicted octanol–water partition coefficient (Wildman–Crippen LogP) is 4.06. The van der Waals surface area contributed by atoms with Gasteiger partial charge in [0, 0.05) is 23.9 Å². The lowest BCUT2D eigenvalue weighted by atomic mass is 9.96. The highest BCUT2D eigenvalue weighted by molar-refractivity contribution is 6.31. The first-order valence-electron chi connectivity index (χ1n) is 11.8. The number of ether oxygens (including phenoxy) is 1. The number of halogens is 3. The van der Waals surface area contributed by atoms with Crippen LogP contribution < -0.4 is 26.0 Å². The Morgan fingerprint density at radius 2 is 1.79 bits per heavy atom. The molecule has 1 aliphatic heterocycles. The van der Waals surface area contributed by atoms with Crippen molar-refractivity contribution in [3.63, 3.8) is 0 Å². The molecule has 0 spiro atoms. The Bertz CT molecular complexity index is 1320. The summed E-state index contributed by atoms with van der Waals surface area (Å²) < 4.78 is 34.2. The Morgan fingerprint density at radius 1 is 1.13 bits per heavy atom. The van der Waals surface area contributed by atoms with E-state index in [4.69, 9.17) is 22.1 Å². The van der Waals surface area contributed by atoms with Crippen LogP contribution in [-0.2, 0) is 5.60 Å². The number of nitrogen functional groups attached to an aromatic ring is 1. The van der Waals surface area contributed by atoms with Crippen LogP contribution in [0.4, 0.5) is 43.4 Å². The van der Waals surface area contributed by atoms with E-state index in [1.807, 2.05) is 23.9 Å². The van der Waals surface area contributed by atoms with Crippen molar-refractivity contribution in [3.05, 3.63) is 47.0 Å². The van der Waals surface area contributed by atoms with Gasteiger partial charge in [-0.2, -0.15) is 4.98 Å². The Morgan fingerprint density at radius 3 is 2.37 bits per heavy atom. The maximum atomic E-state index is 14.5. The molecular formula is C25H31ClF2N8O2. The number of rotatable bonds is 8. The van der Waals surface area contributed by atoms with Crippen LogP contribution in [0.2, 0.25) is 5.02 Å². The summed E-state index contributed by atoms with van der Waals surface area (Å²) in [5.74, 6) is 0.0970. The second-order valence-corrected chi connectivity index (χ2v) is 10.2. The molecule has 1 aromatic heterocycles. The van der Waals surface area contributed by atoms with Gasteiger partial charge in [0.15, 0.2) is 0 Å². The fraction of sp³-hybridized carbons (Fsp3) is 0.400. The van der Waals surface area contributed by atoms with Crippen molar-refractivity contribution in [2.24, 2.45) is 0 Å². The Hall–Kier alpha value is -3.48. The molecule has 0 amide bonds. The van der Waals surface area contributed by atoms with Gasteiger partial charge in [-0.3, -0.25) is 0 Å². The van der Waals surface area contributed by atoms with E-state index in [0.717, 1.165) is 6.07 Å². The van der Waals surface area contributed by atoms with Crippen molar-refractivity contribution in [2.45, 2.75) is 31.7 Å². The third kappa shape index (κ3) is 5.82. The topological polar surface area (TPSA) is 125 Å². The van der Waals surface area contributed by atoms with E-state index < -0.39 is 17.6 Å². The summed E-state index contributed by atoms with van der Waals surface area (Å²) in [6, 6.07) is 5.70. The SMILES string of the molecule is COc1cc(N2C[C@@H](F)[C@@H](N(C)C)C2)c(N)cc1Nc1ncnc(Nc2cc(Cl)c(F)cc2C(C)(C)O)n1. The van der Waals surface area contributed by atoms with Crippen molar-refractivity contribution in [1.29, 1.82) is 0 Å². The van der Waals surface area contributed by atoms with Crippen LogP contribution in [0.15, 0.2) is 30.6 Å². The number of nitrogens with one attached hydrogen (secondary N) is 2. The van der Waals surface area contributed by atoms with Gasteiger partial charge in [-0.15, -0.1) is 0 Å². The zero-order valence-corrected chi connectivity index (χ0v) is 22.5. The third-order valence-electron chi connectivity index (χ3n) is 6.36. The van der Waals surface area contributed by atoms with Crippen molar-refractivity contribution < 1.29 is 18.6 Å². The number of nitrogens with two attached hydrogens (primary N) is 1. The minimum absolute atomic E-state index is 0.123. The molecule has 1 aliphatic rings. The minimum Gasteiger partial charge on any atom is -0.494 e. The molecule has 13 heteroatoms. The molecule has 0 saturated carbocycles. The summed E-state index contributed by atoms with van der Waals surface area (Å²) >= 11 is 5.97. The summed E-state index contributed by atoms with van der Waals surface area (Å²) in [4.78, 5) is 16.4. The van der Waals surface area contributed by atoms with Crippen molar-refractivity contribution in [3.8, 4) is 5.75 Å². The number of hydrogen-bond acceptors (Lipinski definition) is 10. The molecule has 5 N–H and O–H groups in total. The number of aromatic nitrogens is 3. The molecule has 0 radical (unpaired) electrons. The number of anilines is 6. The molecular weight excluding hydrogens is 518 g/mol. The third-order valence-corrected chi connectivity index (χ3v) is 6.65. The van der Waals surface area contributed by atoms with Crippen LogP contribution in [-0.4, -0.2) is 71.5 Å². The first kappa shape index (κ1) is 27.6. The summed E-state index contributed by atoms with van der Waals surface area (Å²) in [5.41, 5.74) is 7.20. The standard InChI is InChI=1S/C25H31ClF2N8O2/c1-25(2,37)13-6-15(27)14(26)7-18(13)32-23-30-12-31-24(34-23)33-19-8-17(29)20(9-22(19)38-5)36-10-16(28)21(11-36)35(3)4/h6-9,12,16,21,37H,10-11,29H2,1-5H3,(H2,30,31,32,33,34)/t16-,21+/m1/s1. The number of alkyl halides is 1. The Balaban J connectivity index is 1.59. The van der Waals surface area contributed by atoms with Crippen LogP contribution >= 0.6 is 11.6 Å². The minimum atomic E-state index is -1.36. The van der Waals surface area contributed by atoms with E-state index >= 15 is 0 Å². The van der Waals surface area contributed by atoms with Crippen LogP contribution in [0.1, 0.15) is 19.4 Å². The molecule has 2 atom stereocenters. The monoisotopic (exact) mass is 548 g/mol. The molecule has 204 valence electrons. The van der Waals surface area contributed by atoms with Gasteiger partial charge in [-0.1, -0.05) is 11.6 Å². The smallest absolute Gasteiger partial charge is 0.232 e. The molecule has 2 aromatic carbocycles. The van der Waals surface area contributed by atoms with Crippen molar-refractivity contribution in [2.75, 3.05) is 55.6 Å². The molecule has 2 heterocycles. The number of benzene rings is 2. The van der Waals surface area contributed by atoms with E-state index in [-0.39, 0.29) is 35.1 Å². The van der Waals surface area contributed by atoms with Crippen LogP contribution in [0, 0.1) is 5.82 Å². The zero-order valence-electron chi connectivity index (χ0n) is 21.8. The molecule has 3 aromatic rings. The predicted molar refractivity (Wildman–Crippen MR) is 145 cm³/mol. The molecule has 0 unspecified atom stereocenters. The number of nitrogens with zero attached hydrogens (tertiary/aromatic N) is 5. The molecule has 0 aliphatic carbocycles.